The topological polar surface area (TPSA) is 0 Å². The Labute approximate surface area is 157 Å². The largest absolute Gasteiger partial charge is 0.0623 e. The van der Waals surface area contributed by atoms with Crippen LogP contribution in [0, 0.1) is 0 Å². The van der Waals surface area contributed by atoms with Crippen LogP contribution in [0.4, 0.5) is 0 Å². The summed E-state index contributed by atoms with van der Waals surface area (Å²) in [5, 5.41) is 0. The second-order valence-corrected chi connectivity index (χ2v) is 6.16. The number of hydrogen-bond acceptors (Lipinski definition) is 0. The van der Waals surface area contributed by atoms with Gasteiger partial charge in [0.1, 0.15) is 0 Å². The van der Waals surface area contributed by atoms with Gasteiger partial charge in [-0.05, 0) is 35.1 Å². The van der Waals surface area contributed by atoms with Crippen LogP contribution in [0.25, 0.3) is 0 Å². The molecule has 128 valence electrons. The third-order valence-electron chi connectivity index (χ3n) is 4.11. The van der Waals surface area contributed by atoms with Crippen LogP contribution < -0.4 is 0 Å². The zero-order valence-corrected chi connectivity index (χ0v) is 15.0. The number of allylic oxidation sites excluding steroid dienone is 24. The fourth-order valence-electron chi connectivity index (χ4n) is 2.58. The van der Waals surface area contributed by atoms with E-state index in [-0.39, 0.29) is 0 Å². The summed E-state index contributed by atoms with van der Waals surface area (Å²) < 4.78 is 0. The molecule has 0 atom stereocenters. The molecule has 0 bridgehead atoms. The molecule has 0 spiro atoms. The van der Waals surface area contributed by atoms with E-state index >= 15 is 0 Å². The molecule has 0 heterocycles. The Bertz CT molecular complexity index is 789. The van der Waals surface area contributed by atoms with Gasteiger partial charge in [0.25, 0.3) is 0 Å². The standard InChI is InChI=1S/C26H24/c1-2-4-6-8-10-12-14-16-18-20-24-22-26(24)25-21-23(25)19-17-15-13-11-9-7-5-3-1/h1-20H,21-22H2/b2-1?,3-1-,4-2-,5-3?,6-4?,7-5-,8-6-,9-7?,10-8?,11-9-,12-10-,13-11?,14-12?,15-13-,16-14-,17-15?,18-16?,19-17-,20-18-,23-19?,24-20?,26-25?. The van der Waals surface area contributed by atoms with Crippen molar-refractivity contribution in [2.75, 3.05) is 0 Å². The molecule has 3 rings (SSSR count). The molecule has 0 saturated heterocycles. The zero-order valence-electron chi connectivity index (χ0n) is 15.0. The quantitative estimate of drug-likeness (QED) is 0.448. The molecule has 0 aromatic rings. The van der Waals surface area contributed by atoms with E-state index in [0.717, 1.165) is 12.8 Å². The zero-order chi connectivity index (χ0) is 17.9. The van der Waals surface area contributed by atoms with Crippen LogP contribution in [-0.4, -0.2) is 0 Å². The second-order valence-electron chi connectivity index (χ2n) is 6.16. The van der Waals surface area contributed by atoms with E-state index in [0.29, 0.717) is 0 Å². The van der Waals surface area contributed by atoms with Crippen molar-refractivity contribution in [3.63, 3.8) is 0 Å². The fraction of sp³-hybridized carbons (Fsp3) is 0.0769. The van der Waals surface area contributed by atoms with Gasteiger partial charge >= 0.3 is 0 Å². The Morgan fingerprint density at radius 2 is 0.538 bits per heavy atom. The molecule has 0 unspecified atom stereocenters. The molecular weight excluding hydrogens is 312 g/mol. The molecule has 3 aliphatic carbocycles. The molecule has 0 N–H and O–H groups in total. The Kier molecular flexibility index (Phi) is 6.81. The molecular formula is C26H24. The Morgan fingerprint density at radius 1 is 0.308 bits per heavy atom. The first-order valence-corrected chi connectivity index (χ1v) is 9.07. The first-order chi connectivity index (χ1) is 12.9. The molecule has 0 aliphatic heterocycles. The SMILES string of the molecule is C1=C\C=C/C=C\C=C/C=C\C2=C(C2)C2=C(\C=C/C=C\C=C/C=C\C=C/1)C2. The van der Waals surface area contributed by atoms with E-state index in [1.807, 2.05) is 72.9 Å². The highest BCUT2D eigenvalue weighted by atomic mass is 14.4. The normalized spacial score (nSPS) is 32.0. The molecule has 3 aliphatic rings. The van der Waals surface area contributed by atoms with Crippen LogP contribution in [-0.2, 0) is 0 Å². The lowest BCUT2D eigenvalue weighted by Gasteiger charge is -1.76. The highest BCUT2D eigenvalue weighted by Gasteiger charge is 2.31. The van der Waals surface area contributed by atoms with Crippen LogP contribution in [0.1, 0.15) is 12.8 Å². The average Bonchev–Trinajstić information content (AvgIpc) is 3.54. The predicted molar refractivity (Wildman–Crippen MR) is 115 cm³/mol. The van der Waals surface area contributed by atoms with Gasteiger partial charge in [-0.25, -0.2) is 0 Å². The van der Waals surface area contributed by atoms with Gasteiger partial charge in [0, 0.05) is 0 Å². The Hall–Kier alpha value is -3.12. The predicted octanol–water partition coefficient (Wildman–Crippen LogP) is 6.96. The highest BCUT2D eigenvalue weighted by Crippen LogP contribution is 2.49. The summed E-state index contributed by atoms with van der Waals surface area (Å²) in [6.45, 7) is 0. The summed E-state index contributed by atoms with van der Waals surface area (Å²) in [5.74, 6) is 0. The summed E-state index contributed by atoms with van der Waals surface area (Å²) >= 11 is 0. The number of fused-ring (bicyclic) bond motifs is 1. The lowest BCUT2D eigenvalue weighted by Crippen LogP contribution is -1.55. The lowest BCUT2D eigenvalue weighted by atomic mass is 10.3. The van der Waals surface area contributed by atoms with Crippen molar-refractivity contribution in [3.05, 3.63) is 144 Å². The summed E-state index contributed by atoms with van der Waals surface area (Å²) in [7, 11) is 0. The van der Waals surface area contributed by atoms with Crippen LogP contribution in [0.15, 0.2) is 144 Å². The minimum Gasteiger partial charge on any atom is -0.0623 e. The Balaban J connectivity index is 1.65. The maximum atomic E-state index is 2.23. The highest BCUT2D eigenvalue weighted by molar-refractivity contribution is 5.66. The van der Waals surface area contributed by atoms with Gasteiger partial charge in [0.15, 0.2) is 0 Å². The van der Waals surface area contributed by atoms with E-state index in [2.05, 4.69) is 48.6 Å². The van der Waals surface area contributed by atoms with Crippen LogP contribution >= 0.6 is 0 Å². The van der Waals surface area contributed by atoms with Gasteiger partial charge in [-0.3, -0.25) is 0 Å². The number of rotatable bonds is 0. The molecule has 0 radical (unpaired) electrons. The molecule has 0 aromatic heterocycles. The van der Waals surface area contributed by atoms with Crippen molar-refractivity contribution in [1.82, 2.24) is 0 Å². The van der Waals surface area contributed by atoms with Gasteiger partial charge < -0.3 is 0 Å². The Morgan fingerprint density at radius 3 is 0.808 bits per heavy atom. The van der Waals surface area contributed by atoms with Crippen molar-refractivity contribution in [2.24, 2.45) is 0 Å². The summed E-state index contributed by atoms with van der Waals surface area (Å²) in [6.07, 6.45) is 43.6. The van der Waals surface area contributed by atoms with Gasteiger partial charge in [-0.15, -0.1) is 0 Å². The molecule has 0 amide bonds. The number of hydrogen-bond donors (Lipinski definition) is 0. The molecule has 0 aromatic carbocycles. The lowest BCUT2D eigenvalue weighted by molar-refractivity contribution is 1.45. The molecule has 0 fully saturated rings. The van der Waals surface area contributed by atoms with Crippen molar-refractivity contribution >= 4 is 0 Å². The molecule has 0 saturated carbocycles. The summed E-state index contributed by atoms with van der Waals surface area (Å²) in [6, 6.07) is 0. The molecule has 26 heavy (non-hydrogen) atoms. The average molecular weight is 336 g/mol. The monoisotopic (exact) mass is 336 g/mol. The second kappa shape index (κ2) is 10.0. The third kappa shape index (κ3) is 6.41. The first kappa shape index (κ1) is 17.7. The first-order valence-electron chi connectivity index (χ1n) is 9.07. The van der Waals surface area contributed by atoms with E-state index in [9.17, 15) is 0 Å². The summed E-state index contributed by atoms with van der Waals surface area (Å²) in [5.41, 5.74) is 6.07. The molecule has 0 heteroatoms. The third-order valence-corrected chi connectivity index (χ3v) is 4.11. The van der Waals surface area contributed by atoms with E-state index in [1.165, 1.54) is 11.1 Å². The van der Waals surface area contributed by atoms with Gasteiger partial charge in [-0.1, -0.05) is 122 Å². The van der Waals surface area contributed by atoms with E-state index < -0.39 is 0 Å². The maximum Gasteiger partial charge on any atom is -0.00170 e. The van der Waals surface area contributed by atoms with Crippen molar-refractivity contribution < 1.29 is 0 Å². The minimum absolute atomic E-state index is 1.15. The van der Waals surface area contributed by atoms with Crippen molar-refractivity contribution in [3.8, 4) is 0 Å². The van der Waals surface area contributed by atoms with Gasteiger partial charge in [0.2, 0.25) is 0 Å². The fourth-order valence-corrected chi connectivity index (χ4v) is 2.58. The van der Waals surface area contributed by atoms with E-state index in [4.69, 9.17) is 0 Å². The van der Waals surface area contributed by atoms with Crippen LogP contribution in [0.2, 0.25) is 0 Å². The molecule has 0 nitrogen and oxygen atoms in total. The smallest absolute Gasteiger partial charge is 0.00170 e. The van der Waals surface area contributed by atoms with Crippen LogP contribution in [0.3, 0.4) is 0 Å². The van der Waals surface area contributed by atoms with E-state index in [1.54, 1.807) is 11.1 Å². The van der Waals surface area contributed by atoms with Gasteiger partial charge in [-0.2, -0.15) is 0 Å². The van der Waals surface area contributed by atoms with Gasteiger partial charge in [0.05, 0.1) is 0 Å². The van der Waals surface area contributed by atoms with Crippen molar-refractivity contribution in [2.45, 2.75) is 12.8 Å². The van der Waals surface area contributed by atoms with Crippen molar-refractivity contribution in [1.29, 1.82) is 0 Å². The minimum atomic E-state index is 1.15. The van der Waals surface area contributed by atoms with Crippen LogP contribution in [0.5, 0.6) is 0 Å². The summed E-state index contributed by atoms with van der Waals surface area (Å²) in [4.78, 5) is 0. The maximum absolute atomic E-state index is 2.23.